The van der Waals surface area contributed by atoms with Crippen LogP contribution in [0.25, 0.3) is 22.3 Å². The second-order valence-corrected chi connectivity index (χ2v) is 8.04. The largest absolute Gasteiger partial charge is 0.322 e. The molecule has 1 aromatic heterocycles. The van der Waals surface area contributed by atoms with Crippen LogP contribution in [-0.2, 0) is 4.79 Å². The molecule has 6 heteroatoms. The number of carbonyl (C=O) groups is 1. The van der Waals surface area contributed by atoms with E-state index in [2.05, 4.69) is 19.4 Å². The molecule has 1 amide bonds. The van der Waals surface area contributed by atoms with Crippen LogP contribution in [0.4, 0.5) is 5.69 Å². The molecule has 0 saturated carbocycles. The van der Waals surface area contributed by atoms with Gasteiger partial charge in [0.25, 0.3) is 5.91 Å². The van der Waals surface area contributed by atoms with Gasteiger partial charge in [-0.15, -0.1) is 0 Å². The number of fused-ring (bicyclic) bond motifs is 1. The van der Waals surface area contributed by atoms with Gasteiger partial charge in [0, 0.05) is 16.8 Å². The first-order valence-corrected chi connectivity index (χ1v) is 10.7. The Labute approximate surface area is 165 Å². The van der Waals surface area contributed by atoms with Crippen LogP contribution in [0.3, 0.4) is 0 Å². The van der Waals surface area contributed by atoms with Crippen LogP contribution >= 0.6 is 32.3 Å². The number of benzene rings is 2. The Hall–Kier alpha value is -2.38. The fraction of sp³-hybridized carbons (Fsp3) is 0. The van der Waals surface area contributed by atoms with E-state index in [0.29, 0.717) is 22.0 Å². The molecule has 0 fully saturated rings. The van der Waals surface area contributed by atoms with E-state index in [1.165, 1.54) is 0 Å². The first-order chi connectivity index (χ1) is 12.7. The summed E-state index contributed by atoms with van der Waals surface area (Å²) < 4.78 is 4.11. The quantitative estimate of drug-likeness (QED) is 0.538. The Morgan fingerprint density at radius 2 is 1.96 bits per heavy atom. The van der Waals surface area contributed by atoms with Crippen LogP contribution < -0.4 is 5.32 Å². The van der Waals surface area contributed by atoms with Gasteiger partial charge in [0.05, 0.1) is 27.9 Å². The summed E-state index contributed by atoms with van der Waals surface area (Å²) in [7, 11) is 0. The van der Waals surface area contributed by atoms with Crippen molar-refractivity contribution in [3.63, 3.8) is 0 Å². The summed E-state index contributed by atoms with van der Waals surface area (Å²) in [4.78, 5) is 21.5. The van der Waals surface area contributed by atoms with Crippen molar-refractivity contribution in [1.29, 1.82) is 0 Å². The van der Waals surface area contributed by atoms with Crippen LogP contribution in [0.2, 0.25) is 5.02 Å². The topological polar surface area (TPSA) is 54.9 Å². The summed E-state index contributed by atoms with van der Waals surface area (Å²) in [6, 6.07) is 13.0. The maximum Gasteiger partial charge on any atom is 0.256 e. The van der Waals surface area contributed by atoms with Crippen LogP contribution in [0.1, 0.15) is 0 Å². The molecule has 0 unspecified atom stereocenters. The molecule has 0 bridgehead atoms. The molecule has 1 aliphatic heterocycles. The van der Waals surface area contributed by atoms with Gasteiger partial charge in [-0.05, 0) is 44.5 Å². The summed E-state index contributed by atoms with van der Waals surface area (Å²) in [6.07, 6.45) is 5.45. The van der Waals surface area contributed by atoms with Crippen molar-refractivity contribution in [3.05, 3.63) is 75.5 Å². The summed E-state index contributed by atoms with van der Waals surface area (Å²) in [6.45, 7) is 0. The van der Waals surface area contributed by atoms with Gasteiger partial charge in [-0.1, -0.05) is 50.5 Å². The lowest BCUT2D eigenvalue weighted by atomic mass is 10.1. The number of hydrogen-bond donors (Lipinski definition) is 1. The normalized spacial score (nSPS) is 13.2. The maximum atomic E-state index is 12.4. The van der Waals surface area contributed by atoms with E-state index < -0.39 is 0 Å². The zero-order valence-corrected chi connectivity index (χ0v) is 16.4. The first kappa shape index (κ1) is 17.1. The summed E-state index contributed by atoms with van der Waals surface area (Å²) >= 11 is 6.19. The molecule has 0 spiro atoms. The van der Waals surface area contributed by atoms with Crippen LogP contribution in [-0.4, -0.2) is 19.9 Å². The number of carbonyl (C=O) groups excluding carboxylic acids is 1. The highest BCUT2D eigenvalue weighted by Crippen LogP contribution is 2.30. The van der Waals surface area contributed by atoms with Gasteiger partial charge in [-0.3, -0.25) is 9.78 Å². The third kappa shape index (κ3) is 3.59. The number of nitrogens with one attached hydrogen (secondary N) is 1. The monoisotopic (exact) mass is 473 g/mol. The molecule has 0 saturated heterocycles. The number of rotatable bonds is 3. The SMILES string of the molecule is O=C(Nc1ccc(Cl)c(-c2cnc3ccccc3n2)c1)C1=CC=CI=C1. The number of para-hydroxylation sites is 2. The van der Waals surface area contributed by atoms with Gasteiger partial charge >= 0.3 is 0 Å². The number of aromatic nitrogens is 2. The zero-order chi connectivity index (χ0) is 17.9. The van der Waals surface area contributed by atoms with Crippen molar-refractivity contribution in [1.82, 2.24) is 9.97 Å². The fourth-order valence-corrected chi connectivity index (χ4v) is 4.28. The molecular formula is C20H13ClIN3O. The molecule has 0 radical (unpaired) electrons. The Balaban J connectivity index is 1.67. The predicted octanol–water partition coefficient (Wildman–Crippen LogP) is 5.12. The minimum absolute atomic E-state index is 0.119. The van der Waals surface area contributed by atoms with Crippen molar-refractivity contribution in [3.8, 4) is 11.3 Å². The molecule has 4 nitrogen and oxygen atoms in total. The minimum atomic E-state index is -0.175. The molecule has 128 valence electrons. The molecule has 2 aromatic carbocycles. The summed E-state index contributed by atoms with van der Waals surface area (Å²) in [5.41, 5.74) is 4.40. The average molecular weight is 474 g/mol. The molecule has 0 atom stereocenters. The third-order valence-corrected chi connectivity index (χ3v) is 6.00. The van der Waals surface area contributed by atoms with E-state index in [1.807, 2.05) is 46.5 Å². The van der Waals surface area contributed by atoms with Crippen LogP contribution in [0, 0.1) is 0 Å². The Morgan fingerprint density at radius 3 is 2.77 bits per heavy atom. The van der Waals surface area contributed by atoms with E-state index in [4.69, 9.17) is 11.6 Å². The number of halogens is 2. The minimum Gasteiger partial charge on any atom is -0.322 e. The second-order valence-electron chi connectivity index (χ2n) is 5.57. The van der Waals surface area contributed by atoms with E-state index in [1.54, 1.807) is 18.3 Å². The van der Waals surface area contributed by atoms with Gasteiger partial charge in [0.2, 0.25) is 0 Å². The molecule has 1 aliphatic rings. The molecule has 2 heterocycles. The summed E-state index contributed by atoms with van der Waals surface area (Å²) in [5, 5.41) is 3.48. The van der Waals surface area contributed by atoms with E-state index in [-0.39, 0.29) is 26.6 Å². The Bertz CT molecular complexity index is 1110. The molecule has 1 N–H and O–H groups in total. The van der Waals surface area contributed by atoms with Gasteiger partial charge in [0.1, 0.15) is 0 Å². The van der Waals surface area contributed by atoms with Gasteiger partial charge in [0.15, 0.2) is 0 Å². The Morgan fingerprint density at radius 1 is 1.12 bits per heavy atom. The first-order valence-electron chi connectivity index (χ1n) is 7.86. The van der Waals surface area contributed by atoms with E-state index >= 15 is 0 Å². The average Bonchev–Trinajstić information content (AvgIpc) is 2.69. The zero-order valence-electron chi connectivity index (χ0n) is 13.5. The predicted molar refractivity (Wildman–Crippen MR) is 116 cm³/mol. The summed E-state index contributed by atoms with van der Waals surface area (Å²) in [5.74, 6) is -0.119. The smallest absolute Gasteiger partial charge is 0.256 e. The molecule has 4 rings (SSSR count). The van der Waals surface area contributed by atoms with Crippen molar-refractivity contribution < 1.29 is 4.79 Å². The highest BCUT2D eigenvalue weighted by atomic mass is 127. The van der Waals surface area contributed by atoms with Gasteiger partial charge in [-0.2, -0.15) is 0 Å². The Kier molecular flexibility index (Phi) is 4.90. The van der Waals surface area contributed by atoms with Crippen molar-refractivity contribution in [2.24, 2.45) is 0 Å². The number of anilines is 1. The molecular weight excluding hydrogens is 461 g/mol. The van der Waals surface area contributed by atoms with Crippen molar-refractivity contribution in [2.45, 2.75) is 0 Å². The van der Waals surface area contributed by atoms with E-state index in [9.17, 15) is 4.79 Å². The van der Waals surface area contributed by atoms with Gasteiger partial charge < -0.3 is 5.32 Å². The lowest BCUT2D eigenvalue weighted by Gasteiger charge is -2.10. The molecule has 3 aromatic rings. The number of amides is 1. The highest BCUT2D eigenvalue weighted by molar-refractivity contribution is 14.2. The standard InChI is InChI=1S/C20H13ClIN3O/c21-16-8-7-14(24-20(26)13-4-3-9-22-11-13)10-15(16)19-12-23-17-5-1-2-6-18(17)25-19/h1-12H,(H,24,26). The second kappa shape index (κ2) is 7.47. The highest BCUT2D eigenvalue weighted by Gasteiger charge is 2.12. The lowest BCUT2D eigenvalue weighted by molar-refractivity contribution is -0.112. The van der Waals surface area contributed by atoms with Crippen LogP contribution in [0.15, 0.2) is 70.5 Å². The maximum absolute atomic E-state index is 12.4. The van der Waals surface area contributed by atoms with Crippen molar-refractivity contribution >= 4 is 59.0 Å². The fourth-order valence-electron chi connectivity index (χ4n) is 2.54. The number of allylic oxidation sites excluding steroid dienone is 2. The number of nitrogens with zero attached hydrogens (tertiary/aromatic N) is 2. The molecule has 26 heavy (non-hydrogen) atoms. The lowest BCUT2D eigenvalue weighted by Crippen LogP contribution is -2.15. The van der Waals surface area contributed by atoms with Gasteiger partial charge in [-0.25, -0.2) is 4.98 Å². The van der Waals surface area contributed by atoms with Crippen molar-refractivity contribution in [2.75, 3.05) is 5.32 Å². The van der Waals surface area contributed by atoms with Crippen LogP contribution in [0.5, 0.6) is 0 Å². The molecule has 0 aliphatic carbocycles. The van der Waals surface area contributed by atoms with E-state index in [0.717, 1.165) is 16.6 Å². The third-order valence-electron chi connectivity index (χ3n) is 3.81. The number of hydrogen-bond acceptors (Lipinski definition) is 3.